The van der Waals surface area contributed by atoms with Gasteiger partial charge in [-0.05, 0) is 0 Å². The number of rotatable bonds is 0. The first kappa shape index (κ1) is 17.9. The van der Waals surface area contributed by atoms with Crippen molar-refractivity contribution >= 4 is 20.8 Å². The van der Waals surface area contributed by atoms with Crippen LogP contribution in [0.15, 0.2) is 0 Å². The molecule has 0 rings (SSSR count). The van der Waals surface area contributed by atoms with Gasteiger partial charge in [-0.2, -0.15) is 16.8 Å². The SMILES string of the molecule is O=S(=O)(O)O.O=S(=O)(O)O.[Ar]. The topological polar surface area (TPSA) is 149 Å². The molecule has 0 heterocycles. The van der Waals surface area contributed by atoms with Crippen molar-refractivity contribution in [1.29, 1.82) is 0 Å². The van der Waals surface area contributed by atoms with Gasteiger partial charge in [0, 0.05) is 37.7 Å². The van der Waals surface area contributed by atoms with Crippen molar-refractivity contribution in [2.75, 3.05) is 0 Å². The average Bonchev–Trinajstić information content (AvgIpc) is 1.12. The maximum atomic E-state index is 8.74. The van der Waals surface area contributed by atoms with Crippen LogP contribution in [0.3, 0.4) is 0 Å². The Morgan fingerprint density at radius 2 is 0.636 bits per heavy atom. The molecule has 0 aromatic carbocycles. The molecule has 0 amide bonds. The summed E-state index contributed by atoms with van der Waals surface area (Å²) in [7, 11) is -9.33. The average molecular weight is 236 g/mol. The van der Waals surface area contributed by atoms with Gasteiger partial charge in [0.05, 0.1) is 0 Å². The molecule has 0 bridgehead atoms. The van der Waals surface area contributed by atoms with Crippen LogP contribution in [0.4, 0.5) is 0 Å². The first-order valence-electron chi connectivity index (χ1n) is 1.40. The summed E-state index contributed by atoms with van der Waals surface area (Å²) in [4.78, 5) is 0. The van der Waals surface area contributed by atoms with E-state index in [1.165, 1.54) is 0 Å². The van der Waals surface area contributed by atoms with Gasteiger partial charge in [-0.3, -0.25) is 18.2 Å². The molecule has 0 aromatic rings. The van der Waals surface area contributed by atoms with E-state index in [-0.39, 0.29) is 37.7 Å². The van der Waals surface area contributed by atoms with Crippen LogP contribution in [-0.2, 0) is 20.8 Å². The third-order valence-electron chi connectivity index (χ3n) is 0. The number of hydrogen-bond donors (Lipinski definition) is 4. The Morgan fingerprint density at radius 3 is 0.636 bits per heavy atom. The van der Waals surface area contributed by atoms with E-state index >= 15 is 0 Å². The summed E-state index contributed by atoms with van der Waals surface area (Å²) in [5.74, 6) is 0. The van der Waals surface area contributed by atoms with Gasteiger partial charge in [0.25, 0.3) is 0 Å². The smallest absolute Gasteiger partial charge is 0.264 e. The third kappa shape index (κ3) is 891. The van der Waals surface area contributed by atoms with Crippen molar-refractivity contribution in [3.63, 3.8) is 0 Å². The second-order valence-corrected chi connectivity index (χ2v) is 2.69. The quantitative estimate of drug-likeness (QED) is 0.379. The van der Waals surface area contributed by atoms with Crippen molar-refractivity contribution in [3.8, 4) is 0 Å². The molecular weight excluding hydrogens is 232 g/mol. The Kier molecular flexibility index (Phi) is 10.6. The first-order chi connectivity index (χ1) is 4.00. The molecule has 72 valence electrons. The van der Waals surface area contributed by atoms with Crippen LogP contribution >= 0.6 is 0 Å². The Balaban J connectivity index is -0.000000107. The molecule has 11 heteroatoms. The van der Waals surface area contributed by atoms with E-state index in [4.69, 9.17) is 35.0 Å². The molecule has 0 unspecified atom stereocenters. The molecule has 0 atom stereocenters. The number of hydrogen-bond acceptors (Lipinski definition) is 4. The molecular formula is H4ArO8S2. The van der Waals surface area contributed by atoms with Gasteiger partial charge < -0.3 is 0 Å². The monoisotopic (exact) mass is 236 g/mol. The maximum absolute atomic E-state index is 8.74. The summed E-state index contributed by atoms with van der Waals surface area (Å²) in [6, 6.07) is 0. The van der Waals surface area contributed by atoms with Crippen LogP contribution in [0.2, 0.25) is 0 Å². The van der Waals surface area contributed by atoms with E-state index in [2.05, 4.69) is 0 Å². The van der Waals surface area contributed by atoms with E-state index in [1.54, 1.807) is 0 Å². The predicted molar refractivity (Wildman–Crippen MR) is 28.4 cm³/mol. The molecule has 0 radical (unpaired) electrons. The van der Waals surface area contributed by atoms with Crippen LogP contribution < -0.4 is 0 Å². The van der Waals surface area contributed by atoms with E-state index in [1.807, 2.05) is 0 Å². The molecule has 0 saturated carbocycles. The van der Waals surface area contributed by atoms with E-state index < -0.39 is 20.8 Å². The normalized spacial score (nSPS) is 10.5. The second-order valence-electron chi connectivity index (χ2n) is 0.896. The molecule has 0 spiro atoms. The molecule has 4 N–H and O–H groups in total. The Labute approximate surface area is 92.8 Å². The van der Waals surface area contributed by atoms with E-state index in [0.29, 0.717) is 0 Å². The minimum atomic E-state index is -4.67. The van der Waals surface area contributed by atoms with Gasteiger partial charge in [-0.1, -0.05) is 0 Å². The van der Waals surface area contributed by atoms with Gasteiger partial charge in [0.15, 0.2) is 0 Å². The summed E-state index contributed by atoms with van der Waals surface area (Å²) in [5, 5.41) is 0. The van der Waals surface area contributed by atoms with Gasteiger partial charge >= 0.3 is 20.8 Å². The first-order valence-corrected chi connectivity index (χ1v) is 4.19. The van der Waals surface area contributed by atoms with Crippen LogP contribution in [0.25, 0.3) is 0 Å². The molecule has 0 aliphatic heterocycles. The largest absolute Gasteiger partial charge is 0.394 e. The Morgan fingerprint density at radius 1 is 0.636 bits per heavy atom. The van der Waals surface area contributed by atoms with Crippen molar-refractivity contribution in [3.05, 3.63) is 0 Å². The zero-order chi connectivity index (χ0) is 9.00. The fourth-order valence-corrected chi connectivity index (χ4v) is 0. The molecule has 0 fully saturated rings. The molecule has 0 saturated heterocycles. The summed E-state index contributed by atoms with van der Waals surface area (Å²) in [6.07, 6.45) is 0. The minimum Gasteiger partial charge on any atom is -0.264 e. The zero-order valence-electron chi connectivity index (χ0n) is 4.59. The second kappa shape index (κ2) is 6.51. The van der Waals surface area contributed by atoms with E-state index in [0.717, 1.165) is 0 Å². The summed E-state index contributed by atoms with van der Waals surface area (Å²) < 4.78 is 63.2. The van der Waals surface area contributed by atoms with Gasteiger partial charge in [-0.25, -0.2) is 0 Å². The van der Waals surface area contributed by atoms with Gasteiger partial charge in [0.1, 0.15) is 0 Å². The maximum Gasteiger partial charge on any atom is 0.394 e. The summed E-state index contributed by atoms with van der Waals surface area (Å²) in [5.41, 5.74) is 0. The third-order valence-corrected chi connectivity index (χ3v) is 0. The van der Waals surface area contributed by atoms with Crippen LogP contribution in [0, 0.1) is 37.7 Å². The fraction of sp³-hybridized carbons (Fsp3) is 0. The minimum absolute atomic E-state index is 0. The van der Waals surface area contributed by atoms with Crippen molar-refractivity contribution in [1.82, 2.24) is 0 Å². The van der Waals surface area contributed by atoms with Crippen LogP contribution in [-0.4, -0.2) is 35.0 Å². The molecule has 0 aliphatic carbocycles. The zero-order valence-corrected chi connectivity index (χ0v) is 6.93. The van der Waals surface area contributed by atoms with Crippen molar-refractivity contribution in [2.24, 2.45) is 0 Å². The summed E-state index contributed by atoms with van der Waals surface area (Å²) in [6.45, 7) is 0. The fourth-order valence-electron chi connectivity index (χ4n) is 0. The molecule has 11 heavy (non-hydrogen) atoms. The van der Waals surface area contributed by atoms with Crippen molar-refractivity contribution in [2.45, 2.75) is 0 Å². The standard InChI is InChI=1S/Ar.2H2O4S/c;2*1-5(2,3)4/h;2*(H2,1,2,3,4). The Hall–Kier alpha value is 1.000. The van der Waals surface area contributed by atoms with Crippen LogP contribution in [0.1, 0.15) is 0 Å². The van der Waals surface area contributed by atoms with Crippen LogP contribution in [0.5, 0.6) is 0 Å². The van der Waals surface area contributed by atoms with Gasteiger partial charge in [-0.15, -0.1) is 0 Å². The Bertz CT molecular complexity index is 208. The van der Waals surface area contributed by atoms with Gasteiger partial charge in [0.2, 0.25) is 0 Å². The van der Waals surface area contributed by atoms with E-state index in [9.17, 15) is 0 Å². The summed E-state index contributed by atoms with van der Waals surface area (Å²) >= 11 is 0. The van der Waals surface area contributed by atoms with Crippen molar-refractivity contribution < 1.29 is 72.8 Å². The predicted octanol–water partition coefficient (Wildman–Crippen LogP) is -1.31. The molecule has 0 aliphatic rings. The molecule has 0 aromatic heterocycles. The molecule has 8 nitrogen and oxygen atoms in total.